The summed E-state index contributed by atoms with van der Waals surface area (Å²) in [4.78, 5) is 0. The number of halogens is 3. The number of aromatic nitrogens is 4. The summed E-state index contributed by atoms with van der Waals surface area (Å²) in [6, 6.07) is 12.9. The van der Waals surface area contributed by atoms with Crippen LogP contribution in [0.25, 0.3) is 5.69 Å². The molecule has 0 atom stereocenters. The van der Waals surface area contributed by atoms with Crippen molar-refractivity contribution in [2.75, 3.05) is 7.11 Å². The zero-order chi connectivity index (χ0) is 18.6. The highest BCUT2D eigenvalue weighted by Crippen LogP contribution is 2.26. The lowest BCUT2D eigenvalue weighted by molar-refractivity contribution is -0.274. The molecule has 0 aliphatic rings. The lowest BCUT2D eigenvalue weighted by Crippen LogP contribution is -2.17. The van der Waals surface area contributed by atoms with Crippen molar-refractivity contribution >= 4 is 11.8 Å². The van der Waals surface area contributed by atoms with Crippen molar-refractivity contribution < 1.29 is 22.6 Å². The average molecular weight is 382 g/mol. The Morgan fingerprint density at radius 2 is 1.65 bits per heavy atom. The summed E-state index contributed by atoms with van der Waals surface area (Å²) in [7, 11) is 1.60. The van der Waals surface area contributed by atoms with Crippen LogP contribution >= 0.6 is 11.8 Å². The van der Waals surface area contributed by atoms with E-state index in [0.29, 0.717) is 16.6 Å². The van der Waals surface area contributed by atoms with Crippen LogP contribution in [0.2, 0.25) is 0 Å². The van der Waals surface area contributed by atoms with Gasteiger partial charge < -0.3 is 9.47 Å². The molecule has 0 bridgehead atoms. The second kappa shape index (κ2) is 7.65. The normalized spacial score (nSPS) is 11.4. The molecule has 136 valence electrons. The molecule has 0 amide bonds. The van der Waals surface area contributed by atoms with E-state index in [-0.39, 0.29) is 5.75 Å². The third-order valence-electron chi connectivity index (χ3n) is 3.28. The van der Waals surface area contributed by atoms with Crippen LogP contribution in [0.15, 0.2) is 53.7 Å². The third kappa shape index (κ3) is 4.66. The first-order chi connectivity index (χ1) is 12.4. The largest absolute Gasteiger partial charge is 0.573 e. The van der Waals surface area contributed by atoms with Crippen molar-refractivity contribution in [2.24, 2.45) is 0 Å². The Balaban J connectivity index is 1.69. The summed E-state index contributed by atoms with van der Waals surface area (Å²) >= 11 is 1.40. The molecular weight excluding hydrogens is 369 g/mol. The molecule has 10 heteroatoms. The van der Waals surface area contributed by atoms with Crippen LogP contribution in [0, 0.1) is 0 Å². The monoisotopic (exact) mass is 382 g/mol. The first kappa shape index (κ1) is 18.1. The first-order valence-electron chi connectivity index (χ1n) is 7.35. The highest BCUT2D eigenvalue weighted by Gasteiger charge is 2.31. The molecule has 0 N–H and O–H groups in total. The van der Waals surface area contributed by atoms with Gasteiger partial charge in [0.25, 0.3) is 0 Å². The van der Waals surface area contributed by atoms with E-state index >= 15 is 0 Å². The second-order valence-corrected chi connectivity index (χ2v) is 5.99. The van der Waals surface area contributed by atoms with Gasteiger partial charge in [0.15, 0.2) is 0 Å². The SMILES string of the molecule is COc1ccc(CSc2nnnn2-c2ccc(OC(F)(F)F)cc2)cc1. The van der Waals surface area contributed by atoms with Crippen LogP contribution in [-0.4, -0.2) is 33.7 Å². The van der Waals surface area contributed by atoms with Gasteiger partial charge in [0.05, 0.1) is 12.8 Å². The molecule has 0 unspecified atom stereocenters. The number of methoxy groups -OCH3 is 1. The van der Waals surface area contributed by atoms with E-state index in [9.17, 15) is 13.2 Å². The molecule has 1 aromatic heterocycles. The van der Waals surface area contributed by atoms with E-state index in [1.54, 1.807) is 7.11 Å². The minimum Gasteiger partial charge on any atom is -0.497 e. The molecule has 6 nitrogen and oxygen atoms in total. The number of tetrazole rings is 1. The highest BCUT2D eigenvalue weighted by atomic mass is 32.2. The second-order valence-electron chi connectivity index (χ2n) is 5.05. The van der Waals surface area contributed by atoms with Crippen molar-refractivity contribution in [1.29, 1.82) is 0 Å². The van der Waals surface area contributed by atoms with Crippen molar-refractivity contribution in [2.45, 2.75) is 17.3 Å². The van der Waals surface area contributed by atoms with Gasteiger partial charge in [-0.3, -0.25) is 0 Å². The molecule has 26 heavy (non-hydrogen) atoms. The lowest BCUT2D eigenvalue weighted by Gasteiger charge is -2.09. The predicted molar refractivity (Wildman–Crippen MR) is 88.4 cm³/mol. The van der Waals surface area contributed by atoms with Crippen molar-refractivity contribution in [3.63, 3.8) is 0 Å². The standard InChI is InChI=1S/C16H13F3N4O2S/c1-24-13-6-2-11(3-7-13)10-26-15-20-21-22-23(15)12-4-8-14(9-5-12)25-16(17,18)19/h2-9H,10H2,1H3. The number of thioether (sulfide) groups is 1. The van der Waals surface area contributed by atoms with Crippen LogP contribution in [-0.2, 0) is 5.75 Å². The van der Waals surface area contributed by atoms with E-state index in [1.165, 1.54) is 40.7 Å². The Kier molecular flexibility index (Phi) is 5.31. The third-order valence-corrected chi connectivity index (χ3v) is 4.27. The zero-order valence-corrected chi connectivity index (χ0v) is 14.3. The number of alkyl halides is 3. The lowest BCUT2D eigenvalue weighted by atomic mass is 10.2. The van der Waals surface area contributed by atoms with Gasteiger partial charge in [-0.05, 0) is 52.4 Å². The molecule has 0 aliphatic carbocycles. The summed E-state index contributed by atoms with van der Waals surface area (Å²) in [6.45, 7) is 0. The Hall–Kier alpha value is -2.75. The Bertz CT molecular complexity index is 851. The topological polar surface area (TPSA) is 62.1 Å². The van der Waals surface area contributed by atoms with Crippen LogP contribution in [0.4, 0.5) is 13.2 Å². The van der Waals surface area contributed by atoms with Gasteiger partial charge in [-0.1, -0.05) is 23.9 Å². The van der Waals surface area contributed by atoms with Crippen LogP contribution in [0.1, 0.15) is 5.56 Å². The van der Waals surface area contributed by atoms with Gasteiger partial charge in [-0.2, -0.15) is 4.68 Å². The van der Waals surface area contributed by atoms with Gasteiger partial charge in [0, 0.05) is 5.75 Å². The molecule has 0 saturated carbocycles. The van der Waals surface area contributed by atoms with Gasteiger partial charge in [0.1, 0.15) is 11.5 Å². The number of nitrogens with zero attached hydrogens (tertiary/aromatic N) is 4. The maximum absolute atomic E-state index is 12.2. The number of rotatable bonds is 6. The smallest absolute Gasteiger partial charge is 0.497 e. The van der Waals surface area contributed by atoms with E-state index < -0.39 is 6.36 Å². The molecule has 2 aromatic carbocycles. The number of benzene rings is 2. The fraction of sp³-hybridized carbons (Fsp3) is 0.188. The predicted octanol–water partition coefficient (Wildman–Crippen LogP) is 3.86. The van der Waals surface area contributed by atoms with Crippen molar-refractivity contribution in [3.8, 4) is 17.2 Å². The molecule has 3 aromatic rings. The van der Waals surface area contributed by atoms with Crippen LogP contribution in [0.5, 0.6) is 11.5 Å². The number of hydrogen-bond acceptors (Lipinski definition) is 6. The number of ether oxygens (including phenoxy) is 2. The zero-order valence-electron chi connectivity index (χ0n) is 13.5. The van der Waals surface area contributed by atoms with Gasteiger partial charge in [-0.25, -0.2) is 0 Å². The Morgan fingerprint density at radius 1 is 1.00 bits per heavy atom. The minimum absolute atomic E-state index is 0.304. The quantitative estimate of drug-likeness (QED) is 0.604. The van der Waals surface area contributed by atoms with E-state index in [2.05, 4.69) is 20.3 Å². The molecule has 0 fully saturated rings. The minimum atomic E-state index is -4.73. The summed E-state index contributed by atoms with van der Waals surface area (Å²) in [5.41, 5.74) is 1.58. The van der Waals surface area contributed by atoms with Gasteiger partial charge in [0.2, 0.25) is 5.16 Å². The molecule has 3 rings (SSSR count). The van der Waals surface area contributed by atoms with E-state index in [4.69, 9.17) is 4.74 Å². The summed E-state index contributed by atoms with van der Waals surface area (Å²) in [5.74, 6) is 1.09. The molecule has 0 saturated heterocycles. The van der Waals surface area contributed by atoms with E-state index in [0.717, 1.165) is 11.3 Å². The van der Waals surface area contributed by atoms with Crippen molar-refractivity contribution in [3.05, 3.63) is 54.1 Å². The molecule has 0 spiro atoms. The Morgan fingerprint density at radius 3 is 2.27 bits per heavy atom. The fourth-order valence-electron chi connectivity index (χ4n) is 2.09. The maximum Gasteiger partial charge on any atom is 0.573 e. The van der Waals surface area contributed by atoms with Crippen LogP contribution < -0.4 is 9.47 Å². The van der Waals surface area contributed by atoms with Crippen LogP contribution in [0.3, 0.4) is 0 Å². The average Bonchev–Trinajstić information content (AvgIpc) is 3.08. The van der Waals surface area contributed by atoms with E-state index in [1.807, 2.05) is 24.3 Å². The summed E-state index contributed by atoms with van der Waals surface area (Å²) in [5, 5.41) is 12.0. The fourth-order valence-corrected chi connectivity index (χ4v) is 2.94. The van der Waals surface area contributed by atoms with Gasteiger partial charge >= 0.3 is 6.36 Å². The molecule has 1 heterocycles. The maximum atomic E-state index is 12.2. The summed E-state index contributed by atoms with van der Waals surface area (Å²) in [6.07, 6.45) is -4.73. The molecular formula is C16H13F3N4O2S. The molecule has 0 radical (unpaired) electrons. The summed E-state index contributed by atoms with van der Waals surface area (Å²) < 4.78 is 47.1. The Labute approximate surface area is 150 Å². The van der Waals surface area contributed by atoms with Crippen molar-refractivity contribution in [1.82, 2.24) is 20.2 Å². The highest BCUT2D eigenvalue weighted by molar-refractivity contribution is 7.98. The first-order valence-corrected chi connectivity index (χ1v) is 8.33. The van der Waals surface area contributed by atoms with Gasteiger partial charge in [-0.15, -0.1) is 18.3 Å². The molecule has 0 aliphatic heterocycles. The number of hydrogen-bond donors (Lipinski definition) is 0.